The highest BCUT2D eigenvalue weighted by atomic mass is 16.2. The fraction of sp³-hybridized carbons (Fsp3) is 0.273. The second-order valence-corrected chi connectivity index (χ2v) is 8.03. The van der Waals surface area contributed by atoms with Gasteiger partial charge in [-0.15, -0.1) is 0 Å². The first-order valence-electron chi connectivity index (χ1n) is 10.2. The van der Waals surface area contributed by atoms with Crippen molar-refractivity contribution in [3.8, 4) is 0 Å². The van der Waals surface area contributed by atoms with Gasteiger partial charge in [0, 0.05) is 36.8 Å². The lowest BCUT2D eigenvalue weighted by molar-refractivity contribution is -0.117. The van der Waals surface area contributed by atoms with E-state index < -0.39 is 0 Å². The Balaban J connectivity index is 1.51. The largest absolute Gasteiger partial charge is 0.364 e. The number of rotatable bonds is 6. The topological polar surface area (TPSA) is 134 Å². The average Bonchev–Trinajstić information content (AvgIpc) is 2.77. The van der Waals surface area contributed by atoms with Crippen molar-refractivity contribution in [1.29, 1.82) is 0 Å². The van der Waals surface area contributed by atoms with E-state index in [0.717, 1.165) is 11.3 Å². The van der Waals surface area contributed by atoms with Gasteiger partial charge < -0.3 is 21.3 Å². The number of amides is 2. The third-order valence-corrected chi connectivity index (χ3v) is 5.15. The van der Waals surface area contributed by atoms with Crippen LogP contribution in [0.15, 0.2) is 42.7 Å². The highest BCUT2D eigenvalue weighted by Gasteiger charge is 2.33. The molecule has 4 N–H and O–H groups in total. The molecule has 0 bridgehead atoms. The molecule has 1 aliphatic heterocycles. The minimum Gasteiger partial charge on any atom is -0.364 e. The minimum absolute atomic E-state index is 0.0941. The molecule has 0 saturated carbocycles. The van der Waals surface area contributed by atoms with Crippen LogP contribution in [0.3, 0.4) is 0 Å². The van der Waals surface area contributed by atoms with Crippen molar-refractivity contribution in [3.63, 3.8) is 0 Å². The second-order valence-electron chi connectivity index (χ2n) is 8.03. The summed E-state index contributed by atoms with van der Waals surface area (Å²) >= 11 is 0. The smallest absolute Gasteiger partial charge is 0.260 e. The molecule has 4 rings (SSSR count). The summed E-state index contributed by atoms with van der Waals surface area (Å²) in [5.74, 6) is 1.28. The van der Waals surface area contributed by atoms with Gasteiger partial charge in [-0.1, -0.05) is 19.9 Å². The van der Waals surface area contributed by atoms with Crippen LogP contribution < -0.4 is 21.3 Å². The molecule has 0 atom stereocenters. The molecular formula is C22H24N8O2. The number of nitrogens with one attached hydrogen (secondary N) is 4. The van der Waals surface area contributed by atoms with E-state index in [4.69, 9.17) is 0 Å². The first-order chi connectivity index (χ1) is 15.4. The fourth-order valence-corrected chi connectivity index (χ4v) is 3.55. The third kappa shape index (κ3) is 4.48. The molecule has 32 heavy (non-hydrogen) atoms. The fourth-order valence-electron chi connectivity index (χ4n) is 3.55. The SMILES string of the molecule is CNc1nccc(CNc2ncccc2C(=O)Nc2ccc3c(n2)NC(=O)CC3(C)C)n1. The summed E-state index contributed by atoms with van der Waals surface area (Å²) in [4.78, 5) is 42.1. The molecule has 2 amide bonds. The number of hydrogen-bond donors (Lipinski definition) is 4. The standard InChI is InChI=1S/C22H24N8O2/c1-22(2)11-17(31)30-19-15(22)6-7-16(28-19)29-20(32)14-5-4-9-24-18(14)26-12-13-8-10-25-21(23-3)27-13/h4-10H,11-12H2,1-3H3,(H,24,26)(H,23,25,27)(H2,28,29,30,31,32). The maximum atomic E-state index is 13.0. The quantitative estimate of drug-likeness (QED) is 0.467. The van der Waals surface area contributed by atoms with Crippen LogP contribution in [-0.2, 0) is 16.8 Å². The number of carbonyl (C=O) groups excluding carboxylic acids is 2. The zero-order valence-electron chi connectivity index (χ0n) is 18.1. The Hall–Kier alpha value is -4.08. The number of hydrogen-bond acceptors (Lipinski definition) is 8. The summed E-state index contributed by atoms with van der Waals surface area (Å²) in [7, 11) is 1.74. The normalized spacial score (nSPS) is 14.2. The van der Waals surface area contributed by atoms with Crippen molar-refractivity contribution in [2.45, 2.75) is 32.2 Å². The lowest BCUT2D eigenvalue weighted by Gasteiger charge is -2.31. The van der Waals surface area contributed by atoms with E-state index in [9.17, 15) is 9.59 Å². The summed E-state index contributed by atoms with van der Waals surface area (Å²) < 4.78 is 0. The van der Waals surface area contributed by atoms with E-state index in [0.29, 0.717) is 41.9 Å². The van der Waals surface area contributed by atoms with Crippen molar-refractivity contribution in [2.75, 3.05) is 28.3 Å². The Morgan fingerprint density at radius 2 is 1.97 bits per heavy atom. The zero-order valence-corrected chi connectivity index (χ0v) is 18.1. The minimum atomic E-state index is -0.368. The molecule has 10 heteroatoms. The Labute approximate surface area is 185 Å². The van der Waals surface area contributed by atoms with Gasteiger partial charge in [0.2, 0.25) is 11.9 Å². The van der Waals surface area contributed by atoms with Gasteiger partial charge >= 0.3 is 0 Å². The summed E-state index contributed by atoms with van der Waals surface area (Å²) in [5.41, 5.74) is 1.72. The van der Waals surface area contributed by atoms with Crippen LogP contribution in [0.4, 0.5) is 23.4 Å². The van der Waals surface area contributed by atoms with E-state index in [1.165, 1.54) is 0 Å². The number of carbonyl (C=O) groups is 2. The van der Waals surface area contributed by atoms with Crippen molar-refractivity contribution in [1.82, 2.24) is 19.9 Å². The predicted molar refractivity (Wildman–Crippen MR) is 122 cm³/mol. The zero-order chi connectivity index (χ0) is 22.7. The van der Waals surface area contributed by atoms with Gasteiger partial charge in [0.15, 0.2) is 0 Å². The van der Waals surface area contributed by atoms with Gasteiger partial charge in [-0.2, -0.15) is 0 Å². The summed E-state index contributed by atoms with van der Waals surface area (Å²) in [5, 5.41) is 11.6. The number of fused-ring (bicyclic) bond motifs is 1. The molecule has 1 aliphatic rings. The molecule has 0 radical (unpaired) electrons. The monoisotopic (exact) mass is 432 g/mol. The molecule has 0 spiro atoms. The second kappa shape index (κ2) is 8.58. The molecule has 3 aromatic rings. The van der Waals surface area contributed by atoms with Crippen molar-refractivity contribution >= 4 is 35.2 Å². The maximum absolute atomic E-state index is 13.0. The van der Waals surface area contributed by atoms with Gasteiger partial charge in [0.25, 0.3) is 5.91 Å². The summed E-state index contributed by atoms with van der Waals surface area (Å²) in [6.45, 7) is 4.36. The lowest BCUT2D eigenvalue weighted by atomic mass is 9.79. The van der Waals surface area contributed by atoms with Gasteiger partial charge in [-0.05, 0) is 24.3 Å². The number of pyridine rings is 2. The number of nitrogens with zero attached hydrogens (tertiary/aromatic N) is 4. The van der Waals surface area contributed by atoms with Gasteiger partial charge in [0.1, 0.15) is 17.5 Å². The van der Waals surface area contributed by atoms with E-state index in [1.807, 2.05) is 19.9 Å². The average molecular weight is 432 g/mol. The Morgan fingerprint density at radius 1 is 1.12 bits per heavy atom. The van der Waals surface area contributed by atoms with Crippen LogP contribution in [0, 0.1) is 0 Å². The van der Waals surface area contributed by atoms with Crippen LogP contribution >= 0.6 is 0 Å². The van der Waals surface area contributed by atoms with Gasteiger partial charge in [0.05, 0.1) is 17.8 Å². The highest BCUT2D eigenvalue weighted by Crippen LogP contribution is 2.36. The molecule has 4 heterocycles. The maximum Gasteiger partial charge on any atom is 0.260 e. The third-order valence-electron chi connectivity index (χ3n) is 5.15. The van der Waals surface area contributed by atoms with Crippen LogP contribution in [0.25, 0.3) is 0 Å². The Morgan fingerprint density at radius 3 is 2.78 bits per heavy atom. The molecule has 164 valence electrons. The van der Waals surface area contributed by atoms with E-state index in [1.54, 1.807) is 43.7 Å². The molecule has 0 unspecified atom stereocenters. The van der Waals surface area contributed by atoms with Crippen molar-refractivity contribution in [3.05, 3.63) is 59.5 Å². The molecule has 10 nitrogen and oxygen atoms in total. The van der Waals surface area contributed by atoms with E-state index in [2.05, 4.69) is 41.2 Å². The van der Waals surface area contributed by atoms with Gasteiger partial charge in [-0.3, -0.25) is 9.59 Å². The predicted octanol–water partition coefficient (Wildman–Crippen LogP) is 2.79. The molecular weight excluding hydrogens is 408 g/mol. The summed E-state index contributed by atoms with van der Waals surface area (Å²) in [6, 6.07) is 8.76. The van der Waals surface area contributed by atoms with Crippen molar-refractivity contribution in [2.24, 2.45) is 0 Å². The number of aromatic nitrogens is 4. The first-order valence-corrected chi connectivity index (χ1v) is 10.2. The van der Waals surface area contributed by atoms with Crippen LogP contribution in [0.2, 0.25) is 0 Å². The summed E-state index contributed by atoms with van der Waals surface area (Å²) in [6.07, 6.45) is 3.65. The van der Waals surface area contributed by atoms with Crippen molar-refractivity contribution < 1.29 is 9.59 Å². The first kappa shape index (κ1) is 21.2. The molecule has 0 saturated heterocycles. The van der Waals surface area contributed by atoms with Crippen LogP contribution in [0.1, 0.15) is 41.9 Å². The van der Waals surface area contributed by atoms with E-state index in [-0.39, 0.29) is 17.2 Å². The van der Waals surface area contributed by atoms with Crippen LogP contribution in [0.5, 0.6) is 0 Å². The molecule has 0 aromatic carbocycles. The van der Waals surface area contributed by atoms with Crippen LogP contribution in [-0.4, -0.2) is 38.8 Å². The Kier molecular flexibility index (Phi) is 5.67. The highest BCUT2D eigenvalue weighted by molar-refractivity contribution is 6.07. The molecule has 0 aliphatic carbocycles. The molecule has 0 fully saturated rings. The van der Waals surface area contributed by atoms with Gasteiger partial charge in [-0.25, -0.2) is 19.9 Å². The lowest BCUT2D eigenvalue weighted by Crippen LogP contribution is -2.33. The Bertz CT molecular complexity index is 1180. The number of anilines is 4. The molecule has 3 aromatic heterocycles. The van der Waals surface area contributed by atoms with E-state index >= 15 is 0 Å².